The highest BCUT2D eigenvalue weighted by atomic mass is 16.1. The van der Waals surface area contributed by atoms with Crippen molar-refractivity contribution >= 4 is 23.1 Å². The Morgan fingerprint density at radius 1 is 0.692 bits per heavy atom. The van der Waals surface area contributed by atoms with Crippen LogP contribution in [0.15, 0.2) is 127 Å². The van der Waals surface area contributed by atoms with Gasteiger partial charge in [0.15, 0.2) is 5.78 Å². The van der Waals surface area contributed by atoms with Gasteiger partial charge in [-0.05, 0) is 28.3 Å². The number of para-hydroxylation sites is 1. The molecule has 0 spiro atoms. The lowest BCUT2D eigenvalue weighted by Gasteiger charge is -2.36. The Morgan fingerprint density at radius 2 is 1.26 bits per heavy atom. The van der Waals surface area contributed by atoms with Crippen LogP contribution in [0.5, 0.6) is 0 Å². The van der Waals surface area contributed by atoms with Crippen LogP contribution < -0.4 is 4.90 Å². The molecule has 4 atom stereocenters. The second kappa shape index (κ2) is 10.3. The van der Waals surface area contributed by atoms with Crippen molar-refractivity contribution in [3.8, 4) is 12.1 Å². The van der Waals surface area contributed by atoms with E-state index in [-0.39, 0.29) is 29.2 Å². The van der Waals surface area contributed by atoms with Gasteiger partial charge in [-0.3, -0.25) is 4.79 Å². The van der Waals surface area contributed by atoms with Crippen LogP contribution in [-0.4, -0.2) is 17.9 Å². The summed E-state index contributed by atoms with van der Waals surface area (Å²) in [6, 6.07) is 40.8. The van der Waals surface area contributed by atoms with E-state index in [2.05, 4.69) is 53.5 Å². The Balaban J connectivity index is 1.67. The molecule has 0 aliphatic carbocycles. The van der Waals surface area contributed by atoms with Gasteiger partial charge in [-0.1, -0.05) is 121 Å². The lowest BCUT2D eigenvalue weighted by molar-refractivity contribution is 0.0953. The van der Waals surface area contributed by atoms with E-state index >= 15 is 0 Å². The van der Waals surface area contributed by atoms with Gasteiger partial charge in [-0.2, -0.15) is 10.5 Å². The lowest BCUT2D eigenvalue weighted by atomic mass is 9.73. The Hall–Kier alpha value is -5.19. The van der Waals surface area contributed by atoms with Crippen LogP contribution >= 0.6 is 0 Å². The minimum absolute atomic E-state index is 0.0185. The number of rotatable bonds is 5. The molecule has 4 aromatic rings. The van der Waals surface area contributed by atoms with Crippen molar-refractivity contribution in [3.05, 3.63) is 149 Å². The fraction of sp³-hybridized carbons (Fsp3) is 0.114. The molecular formula is C35H25N3O. The first kappa shape index (κ1) is 24.2. The van der Waals surface area contributed by atoms with Gasteiger partial charge < -0.3 is 4.90 Å². The maximum absolute atomic E-state index is 14.5. The highest BCUT2D eigenvalue weighted by molar-refractivity contribution is 6.04. The van der Waals surface area contributed by atoms with Crippen molar-refractivity contribution in [2.45, 2.75) is 18.0 Å². The van der Waals surface area contributed by atoms with Crippen LogP contribution in [0.4, 0.5) is 5.69 Å². The smallest absolute Gasteiger partial charge is 0.185 e. The van der Waals surface area contributed by atoms with E-state index in [9.17, 15) is 15.3 Å². The summed E-state index contributed by atoms with van der Waals surface area (Å²) >= 11 is 0. The number of Topliss-reactive ketones (excluding diaryl/α,β-unsaturated/α-hetero) is 1. The molecule has 2 aliphatic rings. The summed E-state index contributed by atoms with van der Waals surface area (Å²) in [5.41, 5.74) is 5.23. The third-order valence-corrected chi connectivity index (χ3v) is 7.83. The number of nitriles is 2. The molecule has 0 radical (unpaired) electrons. The van der Waals surface area contributed by atoms with E-state index in [0.29, 0.717) is 11.1 Å². The molecule has 39 heavy (non-hydrogen) atoms. The number of hydrogen-bond acceptors (Lipinski definition) is 4. The number of hydrogen-bond donors (Lipinski definition) is 0. The SMILES string of the molecule is N#CC(C#N)=C(c1ccccc1)C1C(c2ccccc2)C(C(=O)c2ccccc2)N2c3ccccc3C=CC12. The Kier molecular flexibility index (Phi) is 6.37. The predicted octanol–water partition coefficient (Wildman–Crippen LogP) is 7.05. The van der Waals surface area contributed by atoms with Crippen molar-refractivity contribution in [2.75, 3.05) is 4.90 Å². The first-order valence-electron chi connectivity index (χ1n) is 13.0. The summed E-state index contributed by atoms with van der Waals surface area (Å²) < 4.78 is 0. The molecule has 186 valence electrons. The zero-order valence-electron chi connectivity index (χ0n) is 21.2. The summed E-state index contributed by atoms with van der Waals surface area (Å²) in [6.45, 7) is 0. The number of nitrogens with zero attached hydrogens (tertiary/aromatic N) is 3. The van der Waals surface area contributed by atoms with E-state index in [4.69, 9.17) is 0 Å². The third kappa shape index (κ3) is 4.13. The molecule has 1 fully saturated rings. The molecule has 4 nitrogen and oxygen atoms in total. The molecule has 0 bridgehead atoms. The van der Waals surface area contributed by atoms with Gasteiger partial charge in [-0.25, -0.2) is 0 Å². The minimum atomic E-state index is -0.548. The number of ketones is 1. The van der Waals surface area contributed by atoms with Crippen LogP contribution in [0.2, 0.25) is 0 Å². The quantitative estimate of drug-likeness (QED) is 0.216. The minimum Gasteiger partial charge on any atom is -0.353 e. The van der Waals surface area contributed by atoms with Crippen molar-refractivity contribution < 1.29 is 4.79 Å². The average molecular weight is 504 g/mol. The standard InChI is InChI=1S/C35H25N3O/c36-22-28(23-37)31(25-13-4-1-5-14-25)33-30-21-20-24-12-10-11-19-29(24)38(30)34(32(33)26-15-6-2-7-16-26)35(39)27-17-8-3-9-18-27/h1-21,30,32-34H. The fourth-order valence-electron chi connectivity index (χ4n) is 6.27. The van der Waals surface area contributed by atoms with E-state index in [0.717, 1.165) is 22.4 Å². The van der Waals surface area contributed by atoms with Gasteiger partial charge in [0, 0.05) is 23.1 Å². The van der Waals surface area contributed by atoms with Gasteiger partial charge in [0.2, 0.25) is 0 Å². The molecule has 0 aromatic heterocycles. The summed E-state index contributed by atoms with van der Waals surface area (Å²) in [5.74, 6) is -0.622. The molecule has 2 aliphatic heterocycles. The van der Waals surface area contributed by atoms with Crippen molar-refractivity contribution in [2.24, 2.45) is 5.92 Å². The van der Waals surface area contributed by atoms with E-state index in [1.54, 1.807) is 0 Å². The number of carbonyl (C=O) groups excluding carboxylic acids is 1. The van der Waals surface area contributed by atoms with Crippen molar-refractivity contribution in [3.63, 3.8) is 0 Å². The van der Waals surface area contributed by atoms with Gasteiger partial charge in [0.25, 0.3) is 0 Å². The summed E-state index contributed by atoms with van der Waals surface area (Å²) in [5, 5.41) is 20.3. The fourth-order valence-corrected chi connectivity index (χ4v) is 6.27. The molecule has 0 amide bonds. The van der Waals surface area contributed by atoms with Crippen LogP contribution in [0.25, 0.3) is 11.6 Å². The number of allylic oxidation sites excluding steroid dienone is 1. The summed E-state index contributed by atoms with van der Waals surface area (Å²) in [4.78, 5) is 16.7. The van der Waals surface area contributed by atoms with Crippen LogP contribution in [0, 0.1) is 28.6 Å². The van der Waals surface area contributed by atoms with E-state index in [1.807, 2.05) is 91.0 Å². The molecular weight excluding hydrogens is 478 g/mol. The zero-order chi connectivity index (χ0) is 26.8. The first-order chi connectivity index (χ1) is 19.2. The number of benzene rings is 4. The highest BCUT2D eigenvalue weighted by Crippen LogP contribution is 2.54. The zero-order valence-corrected chi connectivity index (χ0v) is 21.2. The Morgan fingerprint density at radius 3 is 1.90 bits per heavy atom. The first-order valence-corrected chi connectivity index (χ1v) is 13.0. The molecule has 2 heterocycles. The monoisotopic (exact) mass is 503 g/mol. The topological polar surface area (TPSA) is 67.9 Å². The summed E-state index contributed by atoms with van der Waals surface area (Å²) in [6.07, 6.45) is 4.23. The molecule has 6 rings (SSSR count). The van der Waals surface area contributed by atoms with Crippen molar-refractivity contribution in [1.29, 1.82) is 10.5 Å². The molecule has 0 saturated carbocycles. The van der Waals surface area contributed by atoms with Crippen LogP contribution in [-0.2, 0) is 0 Å². The van der Waals surface area contributed by atoms with Crippen molar-refractivity contribution in [1.82, 2.24) is 0 Å². The van der Waals surface area contributed by atoms with E-state index < -0.39 is 6.04 Å². The molecule has 4 heteroatoms. The molecule has 0 N–H and O–H groups in total. The lowest BCUT2D eigenvalue weighted by Crippen LogP contribution is -2.43. The second-order valence-corrected chi connectivity index (χ2v) is 9.83. The van der Waals surface area contributed by atoms with Gasteiger partial charge in [0.1, 0.15) is 23.8 Å². The largest absolute Gasteiger partial charge is 0.353 e. The molecule has 1 saturated heterocycles. The second-order valence-electron chi connectivity index (χ2n) is 9.83. The van der Waals surface area contributed by atoms with Crippen LogP contribution in [0.1, 0.15) is 33.0 Å². The maximum atomic E-state index is 14.5. The third-order valence-electron chi connectivity index (χ3n) is 7.83. The Bertz CT molecular complexity index is 1640. The molecule has 4 unspecified atom stereocenters. The predicted molar refractivity (Wildman–Crippen MR) is 154 cm³/mol. The number of fused-ring (bicyclic) bond motifs is 3. The summed E-state index contributed by atoms with van der Waals surface area (Å²) in [7, 11) is 0. The van der Waals surface area contributed by atoms with E-state index in [1.165, 1.54) is 0 Å². The van der Waals surface area contributed by atoms with Gasteiger partial charge >= 0.3 is 0 Å². The normalized spacial score (nSPS) is 20.7. The highest BCUT2D eigenvalue weighted by Gasteiger charge is 2.54. The van der Waals surface area contributed by atoms with Crippen LogP contribution in [0.3, 0.4) is 0 Å². The van der Waals surface area contributed by atoms with Gasteiger partial charge in [-0.15, -0.1) is 0 Å². The number of anilines is 1. The molecule has 4 aromatic carbocycles. The maximum Gasteiger partial charge on any atom is 0.185 e. The Labute approximate surface area is 228 Å². The average Bonchev–Trinajstić information content (AvgIpc) is 3.36. The van der Waals surface area contributed by atoms with Gasteiger partial charge in [0.05, 0.1) is 6.04 Å². The number of carbonyl (C=O) groups is 1.